The normalized spacial score (nSPS) is 20.8. The molecule has 7 heteroatoms. The van der Waals surface area contributed by atoms with Crippen molar-refractivity contribution in [3.63, 3.8) is 0 Å². The molecule has 1 saturated heterocycles. The van der Waals surface area contributed by atoms with Gasteiger partial charge >= 0.3 is 0 Å². The molecule has 1 aliphatic rings. The van der Waals surface area contributed by atoms with E-state index < -0.39 is 0 Å². The highest BCUT2D eigenvalue weighted by atomic mass is 32.1. The lowest BCUT2D eigenvalue weighted by molar-refractivity contribution is 0.0831. The Bertz CT molecular complexity index is 557. The second-order valence-corrected chi connectivity index (χ2v) is 6.21. The number of rotatable bonds is 3. The summed E-state index contributed by atoms with van der Waals surface area (Å²) in [6, 6.07) is 0.0929. The fourth-order valence-corrected chi connectivity index (χ4v) is 3.28. The average Bonchev–Trinajstić information content (AvgIpc) is 2.98. The fraction of sp³-hybridized carbons (Fsp3) is 0.750. The minimum atomic E-state index is 0.0929. The molecule has 19 heavy (non-hydrogen) atoms. The molecule has 2 aromatic heterocycles. The van der Waals surface area contributed by atoms with Gasteiger partial charge in [0.05, 0.1) is 0 Å². The molecule has 104 valence electrons. The van der Waals surface area contributed by atoms with E-state index in [1.807, 2.05) is 11.4 Å². The molecule has 0 aromatic carbocycles. The molecule has 6 nitrogen and oxygen atoms in total. The summed E-state index contributed by atoms with van der Waals surface area (Å²) in [7, 11) is 0. The number of hydrogen-bond donors (Lipinski definition) is 1. The molecule has 1 aliphatic heterocycles. The van der Waals surface area contributed by atoms with Crippen LogP contribution in [0.2, 0.25) is 0 Å². The molecule has 0 radical (unpaired) electrons. The van der Waals surface area contributed by atoms with Gasteiger partial charge in [0.2, 0.25) is 4.96 Å². The second-order valence-electron chi connectivity index (χ2n) is 5.23. The van der Waals surface area contributed by atoms with Crippen molar-refractivity contribution in [3.8, 4) is 0 Å². The molecule has 3 heterocycles. The van der Waals surface area contributed by atoms with Crippen molar-refractivity contribution in [3.05, 3.63) is 10.8 Å². The molecular weight excluding hydrogens is 262 g/mol. The Hall–Kier alpha value is -1.05. The number of ether oxygens (including phenoxy) is 1. The number of nitrogens with two attached hydrogens (primary N) is 1. The molecule has 3 rings (SSSR count). The minimum absolute atomic E-state index is 0.0929. The van der Waals surface area contributed by atoms with E-state index in [4.69, 9.17) is 10.5 Å². The molecule has 0 aliphatic carbocycles. The van der Waals surface area contributed by atoms with Crippen molar-refractivity contribution in [2.45, 2.75) is 44.6 Å². The molecule has 0 spiro atoms. The maximum absolute atomic E-state index is 5.94. The lowest BCUT2D eigenvalue weighted by Gasteiger charge is -2.19. The van der Waals surface area contributed by atoms with Crippen molar-refractivity contribution in [2.24, 2.45) is 5.73 Å². The summed E-state index contributed by atoms with van der Waals surface area (Å²) in [6.45, 7) is 5.70. The van der Waals surface area contributed by atoms with Gasteiger partial charge in [-0.2, -0.15) is 9.61 Å². The van der Waals surface area contributed by atoms with Crippen LogP contribution < -0.4 is 5.73 Å². The van der Waals surface area contributed by atoms with Gasteiger partial charge in [-0.25, -0.2) is 0 Å². The summed E-state index contributed by atoms with van der Waals surface area (Å²) >= 11 is 1.59. The van der Waals surface area contributed by atoms with Crippen LogP contribution >= 0.6 is 11.3 Å². The van der Waals surface area contributed by atoms with Crippen LogP contribution in [0, 0.1) is 0 Å². The Morgan fingerprint density at radius 2 is 2.05 bits per heavy atom. The van der Waals surface area contributed by atoms with Crippen molar-refractivity contribution < 1.29 is 4.74 Å². The molecule has 2 atom stereocenters. The summed E-state index contributed by atoms with van der Waals surface area (Å²) < 4.78 is 7.29. The lowest BCUT2D eigenvalue weighted by Crippen LogP contribution is -2.22. The van der Waals surface area contributed by atoms with Crippen LogP contribution in [-0.4, -0.2) is 39.1 Å². The summed E-state index contributed by atoms with van der Waals surface area (Å²) in [6.07, 6.45) is 1.99. The van der Waals surface area contributed by atoms with E-state index in [0.29, 0.717) is 5.92 Å². The predicted molar refractivity (Wildman–Crippen MR) is 73.5 cm³/mol. The highest BCUT2D eigenvalue weighted by Crippen LogP contribution is 2.29. The van der Waals surface area contributed by atoms with Gasteiger partial charge in [-0.05, 0) is 19.8 Å². The highest BCUT2D eigenvalue weighted by molar-refractivity contribution is 7.16. The third kappa shape index (κ3) is 2.37. The number of aromatic nitrogens is 4. The number of fused-ring (bicyclic) bond motifs is 1. The van der Waals surface area contributed by atoms with Crippen LogP contribution in [0.4, 0.5) is 0 Å². The van der Waals surface area contributed by atoms with E-state index in [9.17, 15) is 0 Å². The number of hydrogen-bond acceptors (Lipinski definition) is 6. The molecule has 2 aromatic rings. The summed E-state index contributed by atoms with van der Waals surface area (Å²) in [5.74, 6) is 1.62. The standard InChI is InChI=1S/C12H19N5OS/c1-7(8(2)13)11-16-17-10(14-15-12(17)19-11)9-3-5-18-6-4-9/h7-9H,3-6,13H2,1-2H3. The van der Waals surface area contributed by atoms with E-state index in [1.165, 1.54) is 0 Å². The Labute approximate surface area is 116 Å². The zero-order valence-corrected chi connectivity index (χ0v) is 12.1. The Morgan fingerprint density at radius 3 is 2.74 bits per heavy atom. The molecule has 2 unspecified atom stereocenters. The van der Waals surface area contributed by atoms with E-state index in [1.54, 1.807) is 11.3 Å². The van der Waals surface area contributed by atoms with Crippen molar-refractivity contribution in [1.29, 1.82) is 0 Å². The molecule has 0 saturated carbocycles. The molecule has 0 amide bonds. The Balaban J connectivity index is 1.93. The first-order valence-electron chi connectivity index (χ1n) is 6.72. The molecule has 2 N–H and O–H groups in total. The third-order valence-corrected chi connectivity index (χ3v) is 4.89. The smallest absolute Gasteiger partial charge is 0.234 e. The first-order valence-corrected chi connectivity index (χ1v) is 7.54. The third-order valence-electron chi connectivity index (χ3n) is 3.80. The van der Waals surface area contributed by atoms with E-state index >= 15 is 0 Å². The zero-order valence-electron chi connectivity index (χ0n) is 11.2. The summed E-state index contributed by atoms with van der Waals surface area (Å²) in [4.78, 5) is 0.865. The maximum Gasteiger partial charge on any atom is 0.234 e. The monoisotopic (exact) mass is 281 g/mol. The summed E-state index contributed by atoms with van der Waals surface area (Å²) in [5, 5.41) is 14.2. The Kier molecular flexibility index (Phi) is 3.51. The minimum Gasteiger partial charge on any atom is -0.381 e. The predicted octanol–water partition coefficient (Wildman–Crippen LogP) is 1.53. The van der Waals surface area contributed by atoms with Gasteiger partial charge in [-0.1, -0.05) is 18.3 Å². The van der Waals surface area contributed by atoms with Gasteiger partial charge in [-0.3, -0.25) is 0 Å². The Morgan fingerprint density at radius 1 is 1.32 bits per heavy atom. The quantitative estimate of drug-likeness (QED) is 0.923. The van der Waals surface area contributed by atoms with Crippen LogP contribution in [0.5, 0.6) is 0 Å². The van der Waals surface area contributed by atoms with Gasteiger partial charge in [-0.15, -0.1) is 10.2 Å². The van der Waals surface area contributed by atoms with Crippen LogP contribution in [0.1, 0.15) is 49.4 Å². The molecule has 0 bridgehead atoms. The van der Waals surface area contributed by atoms with Crippen molar-refractivity contribution in [2.75, 3.05) is 13.2 Å². The van der Waals surface area contributed by atoms with E-state index in [0.717, 1.165) is 41.8 Å². The lowest BCUT2D eigenvalue weighted by atomic mass is 10.00. The van der Waals surface area contributed by atoms with Gasteiger partial charge in [0.15, 0.2) is 5.82 Å². The average molecular weight is 281 g/mol. The molecular formula is C12H19N5OS. The van der Waals surface area contributed by atoms with Crippen LogP contribution in [0.15, 0.2) is 0 Å². The zero-order chi connectivity index (χ0) is 13.4. The van der Waals surface area contributed by atoms with Crippen molar-refractivity contribution >= 4 is 16.3 Å². The topological polar surface area (TPSA) is 78.3 Å². The van der Waals surface area contributed by atoms with Gasteiger partial charge < -0.3 is 10.5 Å². The second kappa shape index (κ2) is 5.15. The maximum atomic E-state index is 5.94. The van der Waals surface area contributed by atoms with Crippen molar-refractivity contribution in [1.82, 2.24) is 19.8 Å². The van der Waals surface area contributed by atoms with E-state index in [2.05, 4.69) is 22.2 Å². The van der Waals surface area contributed by atoms with Crippen LogP contribution in [0.3, 0.4) is 0 Å². The molecule has 1 fully saturated rings. The largest absolute Gasteiger partial charge is 0.381 e. The van der Waals surface area contributed by atoms with Gasteiger partial charge in [0, 0.05) is 31.1 Å². The highest BCUT2D eigenvalue weighted by Gasteiger charge is 2.24. The van der Waals surface area contributed by atoms with Crippen LogP contribution in [-0.2, 0) is 4.74 Å². The number of nitrogens with zero attached hydrogens (tertiary/aromatic N) is 4. The van der Waals surface area contributed by atoms with Gasteiger partial charge in [0.1, 0.15) is 5.01 Å². The SMILES string of the molecule is CC(N)C(C)c1nn2c(C3CCOCC3)nnc2s1. The van der Waals surface area contributed by atoms with Gasteiger partial charge in [0.25, 0.3) is 0 Å². The first kappa shape index (κ1) is 13.0. The summed E-state index contributed by atoms with van der Waals surface area (Å²) in [5.41, 5.74) is 5.94. The van der Waals surface area contributed by atoms with E-state index in [-0.39, 0.29) is 12.0 Å². The first-order chi connectivity index (χ1) is 9.16. The fourth-order valence-electron chi connectivity index (χ4n) is 2.27. The van der Waals surface area contributed by atoms with Crippen LogP contribution in [0.25, 0.3) is 4.96 Å².